The summed E-state index contributed by atoms with van der Waals surface area (Å²) in [5.41, 5.74) is 1.48. The first-order chi connectivity index (χ1) is 21.4. The second kappa shape index (κ2) is 10.5. The fraction of sp³-hybridized carbons (Fsp3) is 0.273. The van der Waals surface area contributed by atoms with Crippen molar-refractivity contribution in [2.75, 3.05) is 16.9 Å². The lowest BCUT2D eigenvalue weighted by molar-refractivity contribution is -0.125. The second-order valence-electron chi connectivity index (χ2n) is 11.7. The van der Waals surface area contributed by atoms with Crippen LogP contribution in [-0.2, 0) is 19.2 Å². The van der Waals surface area contributed by atoms with Crippen LogP contribution < -0.4 is 14.5 Å². The minimum absolute atomic E-state index is 0.0870. The molecule has 12 heteroatoms. The summed E-state index contributed by atoms with van der Waals surface area (Å²) in [7, 11) is 1.39. The van der Waals surface area contributed by atoms with Gasteiger partial charge in [0.15, 0.2) is 21.2 Å². The monoisotopic (exact) mass is 760 g/mol. The average Bonchev–Trinajstić information content (AvgIpc) is 3.36. The molecule has 7 rings (SSSR count). The molecule has 3 aromatic carbocycles. The average molecular weight is 761 g/mol. The van der Waals surface area contributed by atoms with Crippen LogP contribution in [0.1, 0.15) is 24.3 Å². The lowest BCUT2D eigenvalue weighted by atomic mass is 9.56. The quantitative estimate of drug-likeness (QED) is 0.154. The number of phenols is 1. The summed E-state index contributed by atoms with van der Waals surface area (Å²) in [6.07, 6.45) is 1.82. The number of benzene rings is 3. The van der Waals surface area contributed by atoms with Crippen molar-refractivity contribution in [3.8, 4) is 11.5 Å². The van der Waals surface area contributed by atoms with Gasteiger partial charge in [-0.05, 0) is 108 Å². The number of anilines is 2. The predicted octanol–water partition coefficient (Wildman–Crippen LogP) is 5.91. The first kappa shape index (κ1) is 30.2. The number of alkyl halides is 2. The number of methoxy groups -OCH3 is 1. The molecule has 8 nitrogen and oxygen atoms in total. The van der Waals surface area contributed by atoms with Gasteiger partial charge in [-0.15, -0.1) is 23.2 Å². The van der Waals surface area contributed by atoms with E-state index in [0.29, 0.717) is 16.8 Å². The van der Waals surface area contributed by atoms with Crippen molar-refractivity contribution in [3.05, 3.63) is 93.3 Å². The third-order valence-electron chi connectivity index (χ3n) is 9.52. The van der Waals surface area contributed by atoms with Crippen molar-refractivity contribution in [2.45, 2.75) is 28.5 Å². The van der Waals surface area contributed by atoms with Gasteiger partial charge in [-0.1, -0.05) is 17.7 Å². The van der Waals surface area contributed by atoms with Crippen LogP contribution >= 0.6 is 45.8 Å². The zero-order chi connectivity index (χ0) is 32.0. The molecular formula is C33H24Cl2FIN2O6. The highest BCUT2D eigenvalue weighted by molar-refractivity contribution is 14.1. The number of aromatic hydroxyl groups is 1. The minimum atomic E-state index is -2.10. The molecule has 2 saturated heterocycles. The van der Waals surface area contributed by atoms with Gasteiger partial charge in [-0.3, -0.25) is 24.1 Å². The van der Waals surface area contributed by atoms with E-state index >= 15 is 0 Å². The SMILES string of the molecule is COc1ccc([C@H]2C3=CC[C@@H]4C(=O)N(c5ccc(I)cc5)C(=O)[C@@H]4[C@@H]3C[C@@]3(Cl)C(=O)N(c4ccc(F)cc4)C(=O)[C@@]23Cl)cc1O. The Morgan fingerprint density at radius 2 is 1.53 bits per heavy atom. The van der Waals surface area contributed by atoms with Crippen LogP contribution in [0.4, 0.5) is 15.8 Å². The number of hydrogen-bond donors (Lipinski definition) is 1. The van der Waals surface area contributed by atoms with E-state index in [2.05, 4.69) is 22.6 Å². The van der Waals surface area contributed by atoms with Gasteiger partial charge < -0.3 is 9.84 Å². The largest absolute Gasteiger partial charge is 0.504 e. The number of carbonyl (C=O) groups excluding carboxylic acids is 4. The Morgan fingerprint density at radius 3 is 2.18 bits per heavy atom. The summed E-state index contributed by atoms with van der Waals surface area (Å²) < 4.78 is 20.0. The molecule has 2 aliphatic heterocycles. The highest BCUT2D eigenvalue weighted by atomic mass is 127. The molecule has 0 radical (unpaired) electrons. The lowest BCUT2D eigenvalue weighted by Gasteiger charge is -2.50. The number of fused-ring (bicyclic) bond motifs is 4. The second-order valence-corrected chi connectivity index (χ2v) is 14.2. The van der Waals surface area contributed by atoms with Crippen LogP contribution in [0.5, 0.6) is 11.5 Å². The molecule has 2 heterocycles. The minimum Gasteiger partial charge on any atom is -0.504 e. The van der Waals surface area contributed by atoms with Crippen molar-refractivity contribution >= 4 is 80.8 Å². The standard InChI is InChI=1S/C33H24Cl2FIN2O6/c1-45-25-13-2-16(14-24(25)40)27-21-11-12-22-26(29(42)38(28(22)41)19-9-5-18(37)6-10-19)23(21)15-32(34)30(43)39(31(44)33(27,32)35)20-7-3-17(36)4-8-20/h2-11,13-14,22-23,26-27,40H,12,15H2,1H3/t22-,23+,26-,27-,32+,33-/m0/s1. The third-order valence-corrected chi connectivity index (χ3v) is 11.6. The molecule has 0 unspecified atom stereocenters. The van der Waals surface area contributed by atoms with E-state index in [-0.39, 0.29) is 35.9 Å². The van der Waals surface area contributed by atoms with Crippen molar-refractivity contribution < 1.29 is 33.4 Å². The van der Waals surface area contributed by atoms with E-state index in [1.165, 1.54) is 36.3 Å². The maximum absolute atomic E-state index is 14.4. The summed E-state index contributed by atoms with van der Waals surface area (Å²) in [4.78, 5) is 54.4. The Labute approximate surface area is 280 Å². The van der Waals surface area contributed by atoms with Crippen molar-refractivity contribution in [1.82, 2.24) is 0 Å². The smallest absolute Gasteiger partial charge is 0.258 e. The Bertz CT molecular complexity index is 1840. The third kappa shape index (κ3) is 4.14. The summed E-state index contributed by atoms with van der Waals surface area (Å²) in [5.74, 6) is -6.41. The number of nitrogens with zero attached hydrogens (tertiary/aromatic N) is 2. The van der Waals surface area contributed by atoms with E-state index in [1.807, 2.05) is 6.08 Å². The van der Waals surface area contributed by atoms with E-state index in [9.17, 15) is 28.7 Å². The van der Waals surface area contributed by atoms with E-state index in [1.54, 1.807) is 30.3 Å². The topological polar surface area (TPSA) is 104 Å². The molecule has 0 aromatic heterocycles. The van der Waals surface area contributed by atoms with E-state index < -0.39 is 57.0 Å². The Morgan fingerprint density at radius 1 is 0.889 bits per heavy atom. The van der Waals surface area contributed by atoms with Crippen molar-refractivity contribution in [2.24, 2.45) is 17.8 Å². The summed E-state index contributed by atoms with van der Waals surface area (Å²) >= 11 is 16.8. The molecule has 3 aromatic rings. The first-order valence-electron chi connectivity index (χ1n) is 14.1. The van der Waals surface area contributed by atoms with Crippen LogP contribution in [0, 0.1) is 27.1 Å². The van der Waals surface area contributed by atoms with Gasteiger partial charge in [0.05, 0.1) is 30.3 Å². The first-order valence-corrected chi connectivity index (χ1v) is 16.0. The maximum atomic E-state index is 14.4. The number of phenolic OH excluding ortho intramolecular Hbond substituents is 1. The van der Waals surface area contributed by atoms with Crippen molar-refractivity contribution in [1.29, 1.82) is 0 Å². The molecule has 1 saturated carbocycles. The highest BCUT2D eigenvalue weighted by Crippen LogP contribution is 2.66. The van der Waals surface area contributed by atoms with Gasteiger partial charge >= 0.3 is 0 Å². The van der Waals surface area contributed by atoms with Crippen LogP contribution in [0.15, 0.2) is 78.4 Å². The van der Waals surface area contributed by atoms with E-state index in [4.69, 9.17) is 27.9 Å². The van der Waals surface area contributed by atoms with Gasteiger partial charge in [0.25, 0.3) is 11.8 Å². The highest BCUT2D eigenvalue weighted by Gasteiger charge is 2.76. The fourth-order valence-electron chi connectivity index (χ4n) is 7.50. The molecule has 230 valence electrons. The molecule has 4 aliphatic rings. The molecule has 1 N–H and O–H groups in total. The van der Waals surface area contributed by atoms with Gasteiger partial charge in [0, 0.05) is 9.49 Å². The van der Waals surface area contributed by atoms with E-state index in [0.717, 1.165) is 20.6 Å². The van der Waals surface area contributed by atoms with Gasteiger partial charge in [0.2, 0.25) is 11.8 Å². The number of halogens is 4. The summed E-state index contributed by atoms with van der Waals surface area (Å²) in [6.45, 7) is 0. The molecule has 3 fully saturated rings. The molecule has 6 atom stereocenters. The van der Waals surface area contributed by atoms with Gasteiger partial charge in [-0.25, -0.2) is 9.29 Å². The Kier molecular flexibility index (Phi) is 7.06. The molecule has 45 heavy (non-hydrogen) atoms. The molecular weight excluding hydrogens is 737 g/mol. The normalized spacial score (nSPS) is 30.6. The fourth-order valence-corrected chi connectivity index (χ4v) is 8.80. The Hall–Kier alpha value is -3.48. The number of carbonyl (C=O) groups is 4. The van der Waals surface area contributed by atoms with Crippen LogP contribution in [-0.4, -0.2) is 45.6 Å². The molecule has 4 amide bonds. The number of rotatable bonds is 4. The molecule has 0 bridgehead atoms. The summed E-state index contributed by atoms with van der Waals surface area (Å²) in [6, 6.07) is 16.4. The Balaban J connectivity index is 1.40. The van der Waals surface area contributed by atoms with Gasteiger partial charge in [0.1, 0.15) is 5.82 Å². The number of ether oxygens (including phenoxy) is 1. The van der Waals surface area contributed by atoms with Crippen LogP contribution in [0.2, 0.25) is 0 Å². The number of imide groups is 2. The number of hydrogen-bond acceptors (Lipinski definition) is 6. The number of amides is 4. The van der Waals surface area contributed by atoms with Crippen LogP contribution in [0.25, 0.3) is 0 Å². The molecule has 2 aliphatic carbocycles. The zero-order valence-electron chi connectivity index (χ0n) is 23.5. The predicted molar refractivity (Wildman–Crippen MR) is 173 cm³/mol. The lowest BCUT2D eigenvalue weighted by Crippen LogP contribution is -2.60. The van der Waals surface area contributed by atoms with Crippen LogP contribution in [0.3, 0.4) is 0 Å². The van der Waals surface area contributed by atoms with Gasteiger partial charge in [-0.2, -0.15) is 0 Å². The maximum Gasteiger partial charge on any atom is 0.258 e. The molecule has 0 spiro atoms. The summed E-state index contributed by atoms with van der Waals surface area (Å²) in [5, 5.41) is 10.8. The van der Waals surface area contributed by atoms with Crippen molar-refractivity contribution in [3.63, 3.8) is 0 Å². The number of allylic oxidation sites excluding steroid dienone is 2. The zero-order valence-corrected chi connectivity index (χ0v) is 27.2.